The van der Waals surface area contributed by atoms with Crippen molar-refractivity contribution in [3.63, 3.8) is 0 Å². The van der Waals surface area contributed by atoms with E-state index in [4.69, 9.17) is 0 Å². The molecule has 0 unspecified atom stereocenters. The van der Waals surface area contributed by atoms with Crippen molar-refractivity contribution in [2.75, 3.05) is 0 Å². The van der Waals surface area contributed by atoms with Crippen molar-refractivity contribution in [1.29, 1.82) is 0 Å². The topological polar surface area (TPSA) is 20.2 Å². The maximum absolute atomic E-state index is 10.1. The lowest BCUT2D eigenvalue weighted by molar-refractivity contribution is 0.0713. The van der Waals surface area contributed by atoms with E-state index in [0.29, 0.717) is 0 Å². The molecule has 2 rings (SSSR count). The lowest BCUT2D eigenvalue weighted by Crippen LogP contribution is -2.26. The zero-order valence-electron chi connectivity index (χ0n) is 6.92. The van der Waals surface area contributed by atoms with E-state index in [1.54, 1.807) is 17.4 Å². The number of hydrogen-bond donors (Lipinski definition) is 1. The minimum Gasteiger partial charge on any atom is -0.381 e. The van der Waals surface area contributed by atoms with Crippen LogP contribution in [0, 0.1) is 0 Å². The number of hydrogen-bond acceptors (Lipinski definition) is 2. The van der Waals surface area contributed by atoms with Crippen molar-refractivity contribution in [3.05, 3.63) is 34.5 Å². The van der Waals surface area contributed by atoms with Crippen molar-refractivity contribution >= 4 is 11.3 Å². The monoisotopic (exact) mass is 180 g/mol. The first-order chi connectivity index (χ1) is 5.76. The van der Waals surface area contributed by atoms with E-state index in [1.807, 2.05) is 11.4 Å². The predicted molar refractivity (Wildman–Crippen MR) is 51.4 cm³/mol. The van der Waals surface area contributed by atoms with Gasteiger partial charge in [0.05, 0.1) is 0 Å². The van der Waals surface area contributed by atoms with Crippen LogP contribution in [0.3, 0.4) is 0 Å². The normalized spacial score (nSPS) is 28.1. The van der Waals surface area contributed by atoms with E-state index < -0.39 is 5.60 Å². The molecule has 64 valence electrons. The number of rotatable bonds is 1. The Balaban J connectivity index is 2.50. The van der Waals surface area contributed by atoms with Gasteiger partial charge in [0.15, 0.2) is 0 Å². The third-order valence-electron chi connectivity index (χ3n) is 2.51. The fourth-order valence-electron chi connectivity index (χ4n) is 1.79. The van der Waals surface area contributed by atoms with Crippen LogP contribution in [0.25, 0.3) is 0 Å². The number of thiophene rings is 1. The van der Waals surface area contributed by atoms with Crippen molar-refractivity contribution in [2.24, 2.45) is 0 Å². The predicted octanol–water partition coefficient (Wildman–Crippen LogP) is 2.46. The molecule has 1 heterocycles. The van der Waals surface area contributed by atoms with Gasteiger partial charge in [-0.3, -0.25) is 0 Å². The van der Waals surface area contributed by atoms with Crippen LogP contribution in [0.5, 0.6) is 0 Å². The van der Waals surface area contributed by atoms with Gasteiger partial charge in [0.2, 0.25) is 0 Å². The molecule has 1 aliphatic rings. The number of aryl methyl sites for hydroxylation is 1. The summed E-state index contributed by atoms with van der Waals surface area (Å²) >= 11 is 1.74. The van der Waals surface area contributed by atoms with Gasteiger partial charge in [0.25, 0.3) is 0 Å². The van der Waals surface area contributed by atoms with E-state index in [1.165, 1.54) is 4.88 Å². The van der Waals surface area contributed by atoms with Crippen LogP contribution in [-0.4, -0.2) is 5.11 Å². The molecule has 0 saturated carbocycles. The zero-order valence-corrected chi connectivity index (χ0v) is 7.73. The van der Waals surface area contributed by atoms with Crippen molar-refractivity contribution in [2.45, 2.75) is 24.9 Å². The molecule has 0 amide bonds. The molecular weight excluding hydrogens is 168 g/mol. The Labute approximate surface area is 76.4 Å². The molecule has 1 aromatic heterocycles. The molecule has 12 heavy (non-hydrogen) atoms. The molecule has 0 bridgehead atoms. The van der Waals surface area contributed by atoms with E-state index in [9.17, 15) is 5.11 Å². The summed E-state index contributed by atoms with van der Waals surface area (Å²) in [5.41, 5.74) is 0.335. The Bertz CT molecular complexity index is 303. The fraction of sp³-hybridized carbons (Fsp3) is 0.400. The first-order valence-electron chi connectivity index (χ1n) is 4.19. The average molecular weight is 180 g/mol. The molecule has 0 spiro atoms. The van der Waals surface area contributed by atoms with Crippen LogP contribution >= 0.6 is 11.3 Å². The minimum absolute atomic E-state index is 0.742. The maximum atomic E-state index is 10.1. The van der Waals surface area contributed by atoms with Gasteiger partial charge in [-0.2, -0.15) is 0 Å². The Morgan fingerprint density at radius 1 is 1.67 bits per heavy atom. The molecule has 0 saturated heterocycles. The van der Waals surface area contributed by atoms with Crippen molar-refractivity contribution < 1.29 is 5.11 Å². The Morgan fingerprint density at radius 2 is 2.50 bits per heavy atom. The summed E-state index contributed by atoms with van der Waals surface area (Å²) in [6.07, 6.45) is 4.66. The van der Waals surface area contributed by atoms with Crippen LogP contribution in [0.4, 0.5) is 0 Å². The molecule has 1 aromatic rings. The van der Waals surface area contributed by atoms with Gasteiger partial charge in [0.1, 0.15) is 5.60 Å². The molecule has 1 atom stereocenters. The van der Waals surface area contributed by atoms with Crippen molar-refractivity contribution in [1.82, 2.24) is 0 Å². The maximum Gasteiger partial charge on any atom is 0.109 e. The number of aliphatic hydroxyl groups is 1. The summed E-state index contributed by atoms with van der Waals surface area (Å²) in [5, 5.41) is 12.2. The lowest BCUT2D eigenvalue weighted by atomic mass is 9.84. The lowest BCUT2D eigenvalue weighted by Gasteiger charge is -2.29. The van der Waals surface area contributed by atoms with E-state index in [-0.39, 0.29) is 0 Å². The Morgan fingerprint density at radius 3 is 3.25 bits per heavy atom. The summed E-state index contributed by atoms with van der Waals surface area (Å²) in [4.78, 5) is 1.32. The first kappa shape index (κ1) is 8.02. The van der Waals surface area contributed by atoms with Gasteiger partial charge in [-0.05, 0) is 30.7 Å². The summed E-state index contributed by atoms with van der Waals surface area (Å²) in [5.74, 6) is 0. The van der Waals surface area contributed by atoms with Crippen LogP contribution in [-0.2, 0) is 12.0 Å². The smallest absolute Gasteiger partial charge is 0.109 e. The molecule has 0 fully saturated rings. The molecular formula is C10H12OS. The van der Waals surface area contributed by atoms with Gasteiger partial charge in [-0.15, -0.1) is 11.3 Å². The molecule has 1 aliphatic carbocycles. The first-order valence-corrected chi connectivity index (χ1v) is 5.07. The second-order valence-electron chi connectivity index (χ2n) is 3.24. The highest BCUT2D eigenvalue weighted by Crippen LogP contribution is 2.38. The molecule has 1 nitrogen and oxygen atoms in total. The van der Waals surface area contributed by atoms with Crippen LogP contribution < -0.4 is 0 Å². The third kappa shape index (κ3) is 1.03. The highest BCUT2D eigenvalue weighted by atomic mass is 32.1. The summed E-state index contributed by atoms with van der Waals surface area (Å²) in [6.45, 7) is 3.69. The van der Waals surface area contributed by atoms with Gasteiger partial charge in [0, 0.05) is 10.4 Å². The van der Waals surface area contributed by atoms with Crippen LogP contribution in [0.15, 0.2) is 24.1 Å². The molecule has 2 heteroatoms. The second kappa shape index (κ2) is 2.71. The average Bonchev–Trinajstić information content (AvgIpc) is 2.54. The standard InChI is InChI=1S/C10H12OS/c1-2-10(11)6-3-4-9-8(10)5-7-12-9/h2,5,7,11H,1,3-4,6H2/t10-/m1/s1. The van der Waals surface area contributed by atoms with Gasteiger partial charge < -0.3 is 5.11 Å². The zero-order chi connectivity index (χ0) is 8.60. The summed E-state index contributed by atoms with van der Waals surface area (Å²) in [6, 6.07) is 2.01. The van der Waals surface area contributed by atoms with Crippen molar-refractivity contribution in [3.8, 4) is 0 Å². The fourth-order valence-corrected chi connectivity index (χ4v) is 2.79. The third-order valence-corrected chi connectivity index (χ3v) is 3.49. The van der Waals surface area contributed by atoms with Gasteiger partial charge in [-0.25, -0.2) is 0 Å². The van der Waals surface area contributed by atoms with Gasteiger partial charge >= 0.3 is 0 Å². The highest BCUT2D eigenvalue weighted by Gasteiger charge is 2.31. The largest absolute Gasteiger partial charge is 0.381 e. The molecule has 0 aromatic carbocycles. The Hall–Kier alpha value is -0.600. The summed E-state index contributed by atoms with van der Waals surface area (Å²) in [7, 11) is 0. The van der Waals surface area contributed by atoms with Gasteiger partial charge in [-0.1, -0.05) is 12.7 Å². The SMILES string of the molecule is C=C[C@@]1(O)CCCc2sccc21. The van der Waals surface area contributed by atoms with E-state index >= 15 is 0 Å². The molecule has 0 aliphatic heterocycles. The quantitative estimate of drug-likeness (QED) is 0.658. The summed E-state index contributed by atoms with van der Waals surface area (Å²) < 4.78 is 0. The van der Waals surface area contributed by atoms with Crippen LogP contribution in [0.1, 0.15) is 23.3 Å². The molecule has 0 radical (unpaired) electrons. The molecule has 1 N–H and O–H groups in total. The Kier molecular flexibility index (Phi) is 1.81. The minimum atomic E-state index is -0.742. The van der Waals surface area contributed by atoms with E-state index in [2.05, 4.69) is 6.58 Å². The highest BCUT2D eigenvalue weighted by molar-refractivity contribution is 7.10. The van der Waals surface area contributed by atoms with Crippen LogP contribution in [0.2, 0.25) is 0 Å². The number of fused-ring (bicyclic) bond motifs is 1. The van der Waals surface area contributed by atoms with E-state index in [0.717, 1.165) is 24.8 Å². The second-order valence-corrected chi connectivity index (χ2v) is 4.24.